The molecule has 0 spiro atoms. The van der Waals surface area contributed by atoms with Crippen LogP contribution in [-0.4, -0.2) is 73.9 Å². The highest BCUT2D eigenvalue weighted by molar-refractivity contribution is 5.78. The molecule has 0 aliphatic carbocycles. The molecular weight excluding hydrogens is 396 g/mol. The zero-order chi connectivity index (χ0) is 22.1. The molecule has 3 rings (SSSR count). The number of benzene rings is 2. The highest BCUT2D eigenvalue weighted by atomic mass is 16.5. The van der Waals surface area contributed by atoms with Gasteiger partial charge in [0.2, 0.25) is 0 Å². The zero-order valence-electron chi connectivity index (χ0n) is 18.3. The summed E-state index contributed by atoms with van der Waals surface area (Å²) in [6.07, 6.45) is 1.54. The first-order valence-corrected chi connectivity index (χ1v) is 10.7. The maximum atomic E-state index is 12.1. The van der Waals surface area contributed by atoms with Gasteiger partial charge in [-0.25, -0.2) is 0 Å². The van der Waals surface area contributed by atoms with Gasteiger partial charge in [0.1, 0.15) is 30.0 Å². The van der Waals surface area contributed by atoms with Crippen molar-refractivity contribution in [3.8, 4) is 17.2 Å². The molecule has 7 heteroatoms. The lowest BCUT2D eigenvalue weighted by molar-refractivity contribution is -0.132. The normalized spacial score (nSPS) is 14.5. The number of likely N-dealkylation sites (tertiary alicyclic amines) is 1. The lowest BCUT2D eigenvalue weighted by Crippen LogP contribution is -2.32. The second-order valence-electron chi connectivity index (χ2n) is 7.86. The molecule has 1 amide bonds. The number of hydrogen-bond donors (Lipinski definition) is 1. The summed E-state index contributed by atoms with van der Waals surface area (Å²) >= 11 is 0. The molecule has 0 radical (unpaired) electrons. The second kappa shape index (κ2) is 11.6. The molecule has 1 atom stereocenters. The minimum Gasteiger partial charge on any atom is -0.497 e. The first-order valence-electron chi connectivity index (χ1n) is 10.7. The van der Waals surface area contributed by atoms with E-state index in [0.717, 1.165) is 37.2 Å². The smallest absolute Gasteiger partial charge is 0.260 e. The van der Waals surface area contributed by atoms with E-state index in [0.29, 0.717) is 24.6 Å². The molecule has 0 aromatic heterocycles. The third kappa shape index (κ3) is 7.45. The molecule has 1 aliphatic rings. The molecule has 1 aliphatic heterocycles. The van der Waals surface area contributed by atoms with Gasteiger partial charge in [-0.15, -0.1) is 0 Å². The lowest BCUT2D eigenvalue weighted by Gasteiger charge is -2.21. The molecule has 0 unspecified atom stereocenters. The van der Waals surface area contributed by atoms with Crippen LogP contribution in [0.5, 0.6) is 17.2 Å². The van der Waals surface area contributed by atoms with Crippen LogP contribution in [0.4, 0.5) is 0 Å². The first kappa shape index (κ1) is 22.9. The van der Waals surface area contributed by atoms with Crippen molar-refractivity contribution >= 4 is 5.91 Å². The minimum atomic E-state index is -0.615. The number of aliphatic hydroxyl groups is 1. The predicted octanol–water partition coefficient (Wildman–Crippen LogP) is 2.57. The van der Waals surface area contributed by atoms with E-state index in [-0.39, 0.29) is 19.1 Å². The van der Waals surface area contributed by atoms with Crippen molar-refractivity contribution in [2.45, 2.75) is 25.5 Å². The van der Waals surface area contributed by atoms with Gasteiger partial charge in [-0.1, -0.05) is 18.2 Å². The Morgan fingerprint density at radius 2 is 1.77 bits per heavy atom. The number of methoxy groups -OCH3 is 1. The van der Waals surface area contributed by atoms with Gasteiger partial charge >= 0.3 is 0 Å². The van der Waals surface area contributed by atoms with E-state index in [9.17, 15) is 9.90 Å². The minimum absolute atomic E-state index is 0.0477. The Labute approximate surface area is 184 Å². The lowest BCUT2D eigenvalue weighted by atomic mass is 10.2. The van der Waals surface area contributed by atoms with Gasteiger partial charge in [-0.05, 0) is 49.7 Å². The van der Waals surface area contributed by atoms with Crippen LogP contribution in [0.1, 0.15) is 18.4 Å². The summed E-state index contributed by atoms with van der Waals surface area (Å²) in [6.45, 7) is 3.12. The van der Waals surface area contributed by atoms with E-state index in [1.807, 2.05) is 59.3 Å². The van der Waals surface area contributed by atoms with Gasteiger partial charge in [0, 0.05) is 32.2 Å². The van der Waals surface area contributed by atoms with Crippen LogP contribution in [0, 0.1) is 0 Å². The quantitative estimate of drug-likeness (QED) is 0.593. The molecule has 7 nitrogen and oxygen atoms in total. The number of likely N-dealkylation sites (N-methyl/N-ethyl adjacent to an activating group) is 1. The van der Waals surface area contributed by atoms with Crippen LogP contribution in [0.2, 0.25) is 0 Å². The van der Waals surface area contributed by atoms with Gasteiger partial charge in [-0.3, -0.25) is 9.69 Å². The maximum Gasteiger partial charge on any atom is 0.260 e. The molecule has 0 saturated carbocycles. The molecule has 1 heterocycles. The van der Waals surface area contributed by atoms with E-state index in [1.165, 1.54) is 0 Å². The number of rotatable bonds is 11. The van der Waals surface area contributed by atoms with Crippen molar-refractivity contribution in [2.75, 3.05) is 47.0 Å². The van der Waals surface area contributed by atoms with Gasteiger partial charge in [-0.2, -0.15) is 0 Å². The molecule has 168 valence electrons. The van der Waals surface area contributed by atoms with E-state index in [2.05, 4.69) is 0 Å². The number of amides is 1. The number of nitrogens with zero attached hydrogens (tertiary/aromatic N) is 2. The van der Waals surface area contributed by atoms with Crippen LogP contribution in [0.15, 0.2) is 48.5 Å². The van der Waals surface area contributed by atoms with Crippen LogP contribution < -0.4 is 14.2 Å². The fourth-order valence-corrected chi connectivity index (χ4v) is 3.57. The summed E-state index contributed by atoms with van der Waals surface area (Å²) in [5.41, 5.74) is 1.10. The van der Waals surface area contributed by atoms with E-state index >= 15 is 0 Å². The second-order valence-corrected chi connectivity index (χ2v) is 7.86. The Morgan fingerprint density at radius 1 is 1.06 bits per heavy atom. The number of hydrogen-bond acceptors (Lipinski definition) is 6. The molecule has 1 saturated heterocycles. The van der Waals surface area contributed by atoms with Gasteiger partial charge in [0.05, 0.1) is 7.11 Å². The Balaban J connectivity index is 1.38. The third-order valence-corrected chi connectivity index (χ3v) is 5.20. The average molecular weight is 429 g/mol. The van der Waals surface area contributed by atoms with E-state index in [4.69, 9.17) is 14.2 Å². The summed E-state index contributed by atoms with van der Waals surface area (Å²) in [5, 5.41) is 10.3. The number of carbonyl (C=O) groups excluding carboxylic acids is 1. The molecule has 2 aromatic carbocycles. The highest BCUT2D eigenvalue weighted by Gasteiger charge is 2.18. The van der Waals surface area contributed by atoms with E-state index < -0.39 is 6.10 Å². The molecule has 1 N–H and O–H groups in total. The topological polar surface area (TPSA) is 71.5 Å². The third-order valence-electron chi connectivity index (χ3n) is 5.20. The number of ether oxygens (including phenoxy) is 3. The Morgan fingerprint density at radius 3 is 2.48 bits per heavy atom. The Kier molecular flexibility index (Phi) is 8.55. The molecule has 31 heavy (non-hydrogen) atoms. The van der Waals surface area contributed by atoms with Crippen molar-refractivity contribution in [1.82, 2.24) is 9.80 Å². The number of aliphatic hydroxyl groups excluding tert-OH is 1. The van der Waals surface area contributed by atoms with Crippen molar-refractivity contribution in [3.05, 3.63) is 54.1 Å². The fourth-order valence-electron chi connectivity index (χ4n) is 3.57. The molecule has 1 fully saturated rings. The molecule has 2 aromatic rings. The van der Waals surface area contributed by atoms with Crippen LogP contribution in [0.3, 0.4) is 0 Å². The SMILES string of the molecule is COc1cccc(OC[C@H](O)CN(C)Cc2ccc(OCC(=O)N3CCCC3)cc2)c1. The largest absolute Gasteiger partial charge is 0.497 e. The monoisotopic (exact) mass is 428 g/mol. The van der Waals surface area contributed by atoms with Crippen molar-refractivity contribution in [2.24, 2.45) is 0 Å². The Bertz CT molecular complexity index is 821. The summed E-state index contributed by atoms with van der Waals surface area (Å²) in [5.74, 6) is 2.12. The fraction of sp³-hybridized carbons (Fsp3) is 0.458. The Hall–Kier alpha value is -2.77. The summed E-state index contributed by atoms with van der Waals surface area (Å²) < 4.78 is 16.5. The van der Waals surface area contributed by atoms with Crippen LogP contribution in [-0.2, 0) is 11.3 Å². The predicted molar refractivity (Wildman–Crippen MR) is 119 cm³/mol. The zero-order valence-corrected chi connectivity index (χ0v) is 18.3. The van der Waals surface area contributed by atoms with Crippen molar-refractivity contribution < 1.29 is 24.1 Å². The van der Waals surface area contributed by atoms with Gasteiger partial charge in [0.25, 0.3) is 5.91 Å². The van der Waals surface area contributed by atoms with Gasteiger partial charge in [0.15, 0.2) is 6.61 Å². The van der Waals surface area contributed by atoms with Crippen LogP contribution in [0.25, 0.3) is 0 Å². The van der Waals surface area contributed by atoms with Crippen LogP contribution >= 0.6 is 0 Å². The first-order chi connectivity index (χ1) is 15.0. The standard InChI is InChI=1S/C24H32N2O5/c1-25(16-20(27)17-30-23-7-5-6-22(14-23)29-2)15-19-8-10-21(11-9-19)31-18-24(28)26-12-3-4-13-26/h5-11,14,20,27H,3-4,12-13,15-18H2,1-2H3/t20-/m1/s1. The van der Waals surface area contributed by atoms with Gasteiger partial charge < -0.3 is 24.2 Å². The van der Waals surface area contributed by atoms with Crippen molar-refractivity contribution in [3.63, 3.8) is 0 Å². The summed E-state index contributed by atoms with van der Waals surface area (Å²) in [7, 11) is 3.56. The molecular formula is C24H32N2O5. The number of carbonyl (C=O) groups is 1. The van der Waals surface area contributed by atoms with E-state index in [1.54, 1.807) is 13.2 Å². The summed E-state index contributed by atoms with van der Waals surface area (Å²) in [4.78, 5) is 16.0. The summed E-state index contributed by atoms with van der Waals surface area (Å²) in [6, 6.07) is 15.0. The average Bonchev–Trinajstić information content (AvgIpc) is 3.32. The maximum absolute atomic E-state index is 12.1. The van der Waals surface area contributed by atoms with Crippen molar-refractivity contribution in [1.29, 1.82) is 0 Å². The molecule has 0 bridgehead atoms. The highest BCUT2D eigenvalue weighted by Crippen LogP contribution is 2.19.